The Kier molecular flexibility index (Phi) is 8.58. The molecule has 0 bridgehead atoms. The van der Waals surface area contributed by atoms with Crippen molar-refractivity contribution in [3.63, 3.8) is 0 Å². The van der Waals surface area contributed by atoms with Crippen molar-refractivity contribution in [3.8, 4) is 11.5 Å². The summed E-state index contributed by atoms with van der Waals surface area (Å²) in [5.41, 5.74) is 5.56. The van der Waals surface area contributed by atoms with Gasteiger partial charge in [0.25, 0.3) is 5.91 Å². The normalized spacial score (nSPS) is 14.4. The summed E-state index contributed by atoms with van der Waals surface area (Å²) in [4.78, 5) is 18.2. The molecule has 0 saturated heterocycles. The number of rotatable bonds is 8. The van der Waals surface area contributed by atoms with Crippen LogP contribution < -0.4 is 20.1 Å². The summed E-state index contributed by atoms with van der Waals surface area (Å²) in [6.45, 7) is 8.36. The molecule has 2 heterocycles. The van der Waals surface area contributed by atoms with Crippen LogP contribution in [0.2, 0.25) is 10.0 Å². The molecule has 0 aliphatic carbocycles. The molecule has 41 heavy (non-hydrogen) atoms. The highest BCUT2D eigenvalue weighted by atomic mass is 79.9. The van der Waals surface area contributed by atoms with Gasteiger partial charge in [0, 0.05) is 27.0 Å². The molecule has 3 aromatic carbocycles. The molecular weight excluding hydrogens is 629 g/mol. The number of amides is 1. The molecule has 11 heteroatoms. The molecule has 1 amide bonds. The summed E-state index contributed by atoms with van der Waals surface area (Å²) in [6, 6.07) is 14.3. The number of allylic oxidation sites excluding steroid dienone is 1. The van der Waals surface area contributed by atoms with Crippen LogP contribution in [0.1, 0.15) is 42.1 Å². The number of halogens is 3. The standard InChI is InChI=1S/C30H28BrCl2N5O3/c1-5-40-25-12-20(11-22(31)28(25)41-14-19-9-10-21(32)13-23(19)33)27-26(18(4)36-30-34-15-35-38(27)30)29(39)37-24-8-6-7-16(2)17(24)3/h6-13,15,27H,5,14H2,1-4H3,(H,37,39)(H,34,35,36). The third-order valence-electron chi connectivity index (χ3n) is 6.93. The van der Waals surface area contributed by atoms with Gasteiger partial charge in [-0.05, 0) is 90.6 Å². The number of nitrogens with zero attached hydrogens (tertiary/aromatic N) is 3. The Hall–Kier alpha value is -3.53. The molecule has 8 nitrogen and oxygen atoms in total. The van der Waals surface area contributed by atoms with Gasteiger partial charge in [0.15, 0.2) is 11.5 Å². The van der Waals surface area contributed by atoms with Crippen molar-refractivity contribution in [2.24, 2.45) is 0 Å². The van der Waals surface area contributed by atoms with Crippen LogP contribution >= 0.6 is 39.1 Å². The van der Waals surface area contributed by atoms with Crippen LogP contribution in [0.3, 0.4) is 0 Å². The van der Waals surface area contributed by atoms with E-state index >= 15 is 0 Å². The van der Waals surface area contributed by atoms with Crippen molar-refractivity contribution in [1.82, 2.24) is 14.8 Å². The molecular formula is C30H28BrCl2N5O3. The smallest absolute Gasteiger partial charge is 0.255 e. The lowest BCUT2D eigenvalue weighted by molar-refractivity contribution is -0.113. The topological polar surface area (TPSA) is 90.3 Å². The number of nitrogens with one attached hydrogen (secondary N) is 2. The number of aryl methyl sites for hydroxylation is 1. The Balaban J connectivity index is 1.54. The van der Waals surface area contributed by atoms with Crippen molar-refractivity contribution in [2.45, 2.75) is 40.3 Å². The van der Waals surface area contributed by atoms with Gasteiger partial charge < -0.3 is 20.1 Å². The molecule has 0 spiro atoms. The zero-order valence-electron chi connectivity index (χ0n) is 22.9. The van der Waals surface area contributed by atoms with Gasteiger partial charge in [0.05, 0.1) is 16.7 Å². The summed E-state index contributed by atoms with van der Waals surface area (Å²) in [5.74, 6) is 1.30. The summed E-state index contributed by atoms with van der Waals surface area (Å²) in [6.07, 6.45) is 1.46. The van der Waals surface area contributed by atoms with Crippen LogP contribution in [0, 0.1) is 13.8 Å². The third-order valence-corrected chi connectivity index (χ3v) is 8.10. The quantitative estimate of drug-likeness (QED) is 0.201. The minimum Gasteiger partial charge on any atom is -0.490 e. The maximum absolute atomic E-state index is 13.9. The second kappa shape index (κ2) is 12.1. The van der Waals surface area contributed by atoms with Crippen LogP contribution in [0.15, 0.2) is 70.6 Å². The van der Waals surface area contributed by atoms with Gasteiger partial charge >= 0.3 is 0 Å². The number of hydrogen-bond donors (Lipinski definition) is 2. The van der Waals surface area contributed by atoms with Crippen molar-refractivity contribution < 1.29 is 14.3 Å². The highest BCUT2D eigenvalue weighted by molar-refractivity contribution is 9.10. The molecule has 1 atom stereocenters. The van der Waals surface area contributed by atoms with E-state index in [1.54, 1.807) is 16.8 Å². The van der Waals surface area contributed by atoms with E-state index < -0.39 is 6.04 Å². The minimum atomic E-state index is -0.589. The summed E-state index contributed by atoms with van der Waals surface area (Å²) >= 11 is 16.1. The largest absolute Gasteiger partial charge is 0.490 e. The van der Waals surface area contributed by atoms with Gasteiger partial charge in [-0.3, -0.25) is 4.79 Å². The minimum absolute atomic E-state index is 0.205. The molecule has 0 saturated carbocycles. The summed E-state index contributed by atoms with van der Waals surface area (Å²) in [7, 11) is 0. The van der Waals surface area contributed by atoms with E-state index in [0.717, 1.165) is 27.9 Å². The van der Waals surface area contributed by atoms with E-state index in [1.165, 1.54) is 6.33 Å². The van der Waals surface area contributed by atoms with Crippen LogP contribution in [0.5, 0.6) is 11.5 Å². The lowest BCUT2D eigenvalue weighted by Crippen LogP contribution is -2.31. The first-order valence-corrected chi connectivity index (χ1v) is 14.5. The predicted octanol–water partition coefficient (Wildman–Crippen LogP) is 7.87. The Bertz CT molecular complexity index is 1670. The van der Waals surface area contributed by atoms with Gasteiger partial charge in [-0.25, -0.2) is 4.68 Å². The van der Waals surface area contributed by atoms with Crippen molar-refractivity contribution >= 4 is 56.7 Å². The second-order valence-corrected chi connectivity index (χ2v) is 11.3. The molecule has 0 radical (unpaired) electrons. The summed E-state index contributed by atoms with van der Waals surface area (Å²) < 4.78 is 14.5. The first-order chi connectivity index (χ1) is 19.7. The lowest BCUT2D eigenvalue weighted by Gasteiger charge is -2.29. The fourth-order valence-electron chi connectivity index (χ4n) is 4.71. The molecule has 4 aromatic rings. The fraction of sp³-hybridized carbons (Fsp3) is 0.233. The number of fused-ring (bicyclic) bond motifs is 1. The van der Waals surface area contributed by atoms with Crippen LogP contribution in [-0.4, -0.2) is 27.3 Å². The lowest BCUT2D eigenvalue weighted by atomic mass is 9.94. The zero-order chi connectivity index (χ0) is 29.3. The van der Waals surface area contributed by atoms with Gasteiger partial charge in [-0.1, -0.05) is 41.4 Å². The number of ether oxygens (including phenoxy) is 2. The van der Waals surface area contributed by atoms with E-state index in [0.29, 0.717) is 49.8 Å². The maximum atomic E-state index is 13.9. The van der Waals surface area contributed by atoms with E-state index in [-0.39, 0.29) is 12.5 Å². The zero-order valence-corrected chi connectivity index (χ0v) is 26.0. The number of carbonyl (C=O) groups excluding carboxylic acids is 1. The van der Waals surface area contributed by atoms with E-state index in [2.05, 4.69) is 36.6 Å². The van der Waals surface area contributed by atoms with E-state index in [1.807, 2.05) is 64.1 Å². The Labute approximate surface area is 256 Å². The first kappa shape index (κ1) is 29.0. The van der Waals surface area contributed by atoms with Gasteiger partial charge in [-0.2, -0.15) is 10.1 Å². The van der Waals surface area contributed by atoms with Gasteiger partial charge in [-0.15, -0.1) is 0 Å². The van der Waals surface area contributed by atoms with E-state index in [9.17, 15) is 4.79 Å². The Morgan fingerprint density at radius 2 is 1.93 bits per heavy atom. The highest BCUT2D eigenvalue weighted by Gasteiger charge is 2.34. The van der Waals surface area contributed by atoms with Gasteiger partial charge in [0.1, 0.15) is 19.0 Å². The SMILES string of the molecule is CCOc1cc(C2C(C(=O)Nc3cccc(C)c3C)=C(C)Nc3ncnn32)cc(Br)c1OCc1ccc(Cl)cc1Cl. The molecule has 1 aliphatic heterocycles. The average molecular weight is 657 g/mol. The van der Waals surface area contributed by atoms with E-state index in [4.69, 9.17) is 32.7 Å². The number of benzene rings is 3. The molecule has 0 fully saturated rings. The number of anilines is 2. The molecule has 1 aliphatic rings. The van der Waals surface area contributed by atoms with Gasteiger partial charge in [0.2, 0.25) is 5.95 Å². The number of carbonyl (C=O) groups is 1. The molecule has 1 aromatic heterocycles. The van der Waals surface area contributed by atoms with Crippen molar-refractivity contribution in [2.75, 3.05) is 17.2 Å². The second-order valence-electron chi connectivity index (χ2n) is 9.58. The summed E-state index contributed by atoms with van der Waals surface area (Å²) in [5, 5.41) is 11.8. The van der Waals surface area contributed by atoms with Crippen LogP contribution in [-0.2, 0) is 11.4 Å². The Morgan fingerprint density at radius 1 is 1.12 bits per heavy atom. The molecule has 1 unspecified atom stereocenters. The number of hydrogen-bond acceptors (Lipinski definition) is 6. The third kappa shape index (κ3) is 5.93. The molecule has 5 rings (SSSR count). The Morgan fingerprint density at radius 3 is 2.68 bits per heavy atom. The molecule has 2 N–H and O–H groups in total. The molecule has 212 valence electrons. The van der Waals surface area contributed by atoms with Crippen molar-refractivity contribution in [1.29, 1.82) is 0 Å². The predicted molar refractivity (Wildman–Crippen MR) is 165 cm³/mol. The maximum Gasteiger partial charge on any atom is 0.255 e. The average Bonchev–Trinajstić information content (AvgIpc) is 3.39. The first-order valence-electron chi connectivity index (χ1n) is 13.0. The fourth-order valence-corrected chi connectivity index (χ4v) is 5.74. The number of aromatic nitrogens is 3. The van der Waals surface area contributed by atoms with Crippen LogP contribution in [0.25, 0.3) is 0 Å². The highest BCUT2D eigenvalue weighted by Crippen LogP contribution is 2.43. The monoisotopic (exact) mass is 655 g/mol. The van der Waals surface area contributed by atoms with Crippen LogP contribution in [0.4, 0.5) is 11.6 Å². The van der Waals surface area contributed by atoms with Crippen molar-refractivity contribution in [3.05, 3.63) is 103 Å².